The first kappa shape index (κ1) is 25.2. The van der Waals surface area contributed by atoms with Crippen LogP contribution in [0.1, 0.15) is 63.5 Å². The number of anilines is 2. The fraction of sp³-hybridized carbons (Fsp3) is 0.517. The first-order chi connectivity index (χ1) is 16.9. The monoisotopic (exact) mass is 476 g/mol. The lowest BCUT2D eigenvalue weighted by molar-refractivity contribution is -0.147. The molecule has 1 saturated carbocycles. The molecule has 0 bridgehead atoms. The Hall–Kier alpha value is -2.86. The summed E-state index contributed by atoms with van der Waals surface area (Å²) in [5.74, 6) is -0.679. The van der Waals surface area contributed by atoms with Crippen molar-refractivity contribution in [1.29, 1.82) is 0 Å². The number of para-hydroxylation sites is 1. The number of primary amides is 1. The van der Waals surface area contributed by atoms with Crippen molar-refractivity contribution >= 4 is 23.2 Å². The van der Waals surface area contributed by atoms with Crippen molar-refractivity contribution in [2.24, 2.45) is 17.6 Å². The van der Waals surface area contributed by atoms with Crippen LogP contribution in [0.3, 0.4) is 0 Å². The van der Waals surface area contributed by atoms with Crippen molar-refractivity contribution < 1.29 is 9.59 Å². The van der Waals surface area contributed by atoms with Crippen molar-refractivity contribution in [2.75, 3.05) is 25.5 Å². The quantitative estimate of drug-likeness (QED) is 0.575. The Balaban J connectivity index is 1.64. The average molecular weight is 477 g/mol. The molecule has 3 atom stereocenters. The van der Waals surface area contributed by atoms with Crippen LogP contribution in [0.2, 0.25) is 0 Å². The highest BCUT2D eigenvalue weighted by atomic mass is 16.2. The second-order valence-electron chi connectivity index (χ2n) is 10.4. The normalized spacial score (nSPS) is 21.3. The van der Waals surface area contributed by atoms with Gasteiger partial charge < -0.3 is 20.9 Å². The molecule has 0 spiro atoms. The molecule has 1 saturated heterocycles. The maximum atomic E-state index is 14.2. The third kappa shape index (κ3) is 5.08. The topological polar surface area (TPSA) is 78.7 Å². The smallest absolute Gasteiger partial charge is 0.238 e. The van der Waals surface area contributed by atoms with E-state index in [1.807, 2.05) is 30.0 Å². The maximum Gasteiger partial charge on any atom is 0.238 e. The standard InChI is InChI=1S/C29H40N4O2/c1-29(31-2,28(30)35)26(21-12-6-4-7-13-21)27(34)33-19-11-18-25(33)22-14-10-17-24(20-22)32(3)23-15-8-5-9-16-23/h5,8-10,14-17,20-21,25-26,31H,4,6-7,11-13,18-19H2,1-3H3,(H2,30,35)/t25-,26+,29?/m0/s1. The average Bonchev–Trinajstić information content (AvgIpc) is 3.39. The van der Waals surface area contributed by atoms with E-state index >= 15 is 0 Å². The van der Waals surface area contributed by atoms with E-state index in [0.717, 1.165) is 55.5 Å². The molecule has 2 aliphatic rings. The third-order valence-electron chi connectivity index (χ3n) is 8.36. The van der Waals surface area contributed by atoms with Crippen molar-refractivity contribution in [3.05, 3.63) is 60.2 Å². The van der Waals surface area contributed by atoms with Gasteiger partial charge in [-0.3, -0.25) is 9.59 Å². The van der Waals surface area contributed by atoms with Gasteiger partial charge in [-0.1, -0.05) is 49.6 Å². The fourth-order valence-electron chi connectivity index (χ4n) is 6.12. The molecule has 6 nitrogen and oxygen atoms in total. The van der Waals surface area contributed by atoms with E-state index in [4.69, 9.17) is 5.73 Å². The molecule has 3 N–H and O–H groups in total. The number of likely N-dealkylation sites (N-methyl/N-ethyl adjacent to an activating group) is 1. The molecule has 0 radical (unpaired) electrons. The number of nitrogens with zero attached hydrogens (tertiary/aromatic N) is 2. The Morgan fingerprint density at radius 1 is 1.00 bits per heavy atom. The summed E-state index contributed by atoms with van der Waals surface area (Å²) in [5.41, 5.74) is 8.19. The summed E-state index contributed by atoms with van der Waals surface area (Å²) in [6, 6.07) is 18.8. The lowest BCUT2D eigenvalue weighted by atomic mass is 9.69. The van der Waals surface area contributed by atoms with E-state index in [1.54, 1.807) is 7.05 Å². The fourth-order valence-corrected chi connectivity index (χ4v) is 6.12. The Labute approximate surface area is 209 Å². The van der Waals surface area contributed by atoms with Crippen molar-refractivity contribution in [2.45, 2.75) is 63.5 Å². The van der Waals surface area contributed by atoms with Crippen LogP contribution >= 0.6 is 0 Å². The Morgan fingerprint density at radius 3 is 2.34 bits per heavy atom. The molecule has 1 unspecified atom stereocenters. The zero-order chi connectivity index (χ0) is 25.0. The van der Waals surface area contributed by atoms with Gasteiger partial charge >= 0.3 is 0 Å². The number of nitrogens with two attached hydrogens (primary N) is 1. The van der Waals surface area contributed by atoms with Crippen LogP contribution in [0.25, 0.3) is 0 Å². The van der Waals surface area contributed by atoms with Crippen LogP contribution in [0.4, 0.5) is 11.4 Å². The molecule has 188 valence electrons. The number of carbonyl (C=O) groups is 2. The number of nitrogens with one attached hydrogen (secondary N) is 1. The largest absolute Gasteiger partial charge is 0.368 e. The SMILES string of the molecule is CNC(C)(C(N)=O)[C@@H](C(=O)N1CCC[C@H]1c1cccc(N(C)c2ccccc2)c1)C1CCCCC1. The zero-order valence-corrected chi connectivity index (χ0v) is 21.4. The number of hydrogen-bond acceptors (Lipinski definition) is 4. The van der Waals surface area contributed by atoms with Crippen molar-refractivity contribution in [3.63, 3.8) is 0 Å². The molecule has 1 heterocycles. The second-order valence-corrected chi connectivity index (χ2v) is 10.4. The molecule has 2 amide bonds. The van der Waals surface area contributed by atoms with Crippen LogP contribution < -0.4 is 16.0 Å². The maximum absolute atomic E-state index is 14.2. The van der Waals surface area contributed by atoms with Gasteiger partial charge in [-0.05, 0) is 75.4 Å². The van der Waals surface area contributed by atoms with Gasteiger partial charge in [0, 0.05) is 25.0 Å². The van der Waals surface area contributed by atoms with Crippen LogP contribution in [-0.4, -0.2) is 42.9 Å². The molecule has 0 aromatic heterocycles. The van der Waals surface area contributed by atoms with Gasteiger partial charge in [0.05, 0.1) is 12.0 Å². The van der Waals surface area contributed by atoms with Gasteiger partial charge in [0.15, 0.2) is 0 Å². The van der Waals surface area contributed by atoms with Gasteiger partial charge in [0.1, 0.15) is 5.54 Å². The molecule has 1 aliphatic carbocycles. The molecule has 2 aromatic rings. The summed E-state index contributed by atoms with van der Waals surface area (Å²) < 4.78 is 0. The summed E-state index contributed by atoms with van der Waals surface area (Å²) in [6.45, 7) is 2.52. The number of benzene rings is 2. The highest BCUT2D eigenvalue weighted by Crippen LogP contribution is 2.41. The Kier molecular flexibility index (Phi) is 7.80. The van der Waals surface area contributed by atoms with Gasteiger partial charge in [0.25, 0.3) is 0 Å². The Morgan fingerprint density at radius 2 is 1.69 bits per heavy atom. The zero-order valence-electron chi connectivity index (χ0n) is 21.4. The number of likely N-dealkylation sites (tertiary alicyclic amines) is 1. The molecule has 1 aliphatic heterocycles. The molecule has 2 fully saturated rings. The van der Waals surface area contributed by atoms with E-state index in [9.17, 15) is 9.59 Å². The third-order valence-corrected chi connectivity index (χ3v) is 8.36. The van der Waals surface area contributed by atoms with Crippen LogP contribution in [0.5, 0.6) is 0 Å². The molecule has 4 rings (SSSR count). The summed E-state index contributed by atoms with van der Waals surface area (Å²) >= 11 is 0. The molecule has 2 aromatic carbocycles. The highest BCUT2D eigenvalue weighted by molar-refractivity contribution is 5.93. The van der Waals surface area contributed by atoms with Crippen molar-refractivity contribution in [1.82, 2.24) is 10.2 Å². The van der Waals surface area contributed by atoms with Crippen molar-refractivity contribution in [3.8, 4) is 0 Å². The lowest BCUT2D eigenvalue weighted by Crippen LogP contribution is -2.63. The highest BCUT2D eigenvalue weighted by Gasteiger charge is 2.50. The van der Waals surface area contributed by atoms with E-state index < -0.39 is 17.4 Å². The van der Waals surface area contributed by atoms with E-state index in [2.05, 4.69) is 53.7 Å². The van der Waals surface area contributed by atoms with Crippen LogP contribution in [0.15, 0.2) is 54.6 Å². The predicted molar refractivity (Wildman–Crippen MR) is 141 cm³/mol. The minimum Gasteiger partial charge on any atom is -0.368 e. The van der Waals surface area contributed by atoms with Gasteiger partial charge in [-0.2, -0.15) is 0 Å². The number of amides is 2. The summed E-state index contributed by atoms with van der Waals surface area (Å²) in [5, 5.41) is 3.15. The molecule has 35 heavy (non-hydrogen) atoms. The van der Waals surface area contributed by atoms with Gasteiger partial charge in [-0.15, -0.1) is 0 Å². The first-order valence-electron chi connectivity index (χ1n) is 13.0. The molecular formula is C29H40N4O2. The first-order valence-corrected chi connectivity index (χ1v) is 13.0. The minimum atomic E-state index is -1.07. The molecular weight excluding hydrogens is 436 g/mol. The summed E-state index contributed by atoms with van der Waals surface area (Å²) in [6.07, 6.45) is 7.22. The lowest BCUT2D eigenvalue weighted by Gasteiger charge is -2.43. The number of carbonyl (C=O) groups excluding carboxylic acids is 2. The van der Waals surface area contributed by atoms with Gasteiger partial charge in [-0.25, -0.2) is 0 Å². The van der Waals surface area contributed by atoms with Gasteiger partial charge in [0.2, 0.25) is 11.8 Å². The van der Waals surface area contributed by atoms with Crippen LogP contribution in [0, 0.1) is 11.8 Å². The second kappa shape index (κ2) is 10.8. The van der Waals surface area contributed by atoms with E-state index in [1.165, 1.54) is 6.42 Å². The Bertz CT molecular complexity index is 1020. The van der Waals surface area contributed by atoms with E-state index in [-0.39, 0.29) is 17.9 Å². The number of hydrogen-bond donors (Lipinski definition) is 2. The van der Waals surface area contributed by atoms with Crippen LogP contribution in [-0.2, 0) is 9.59 Å². The predicted octanol–water partition coefficient (Wildman–Crippen LogP) is 4.78. The summed E-state index contributed by atoms with van der Waals surface area (Å²) in [7, 11) is 3.81. The minimum absolute atomic E-state index is 0.00620. The summed E-state index contributed by atoms with van der Waals surface area (Å²) in [4.78, 5) is 31.1. The van der Waals surface area contributed by atoms with E-state index in [0.29, 0.717) is 6.54 Å². The molecule has 6 heteroatoms. The number of rotatable bonds is 8.